The van der Waals surface area contributed by atoms with Crippen molar-refractivity contribution in [3.8, 4) is 11.4 Å². The Bertz CT molecular complexity index is 819. The first-order valence-electron chi connectivity index (χ1n) is 7.61. The van der Waals surface area contributed by atoms with Gasteiger partial charge in [0.1, 0.15) is 18.7 Å². The van der Waals surface area contributed by atoms with E-state index in [0.717, 1.165) is 15.9 Å². The quantitative estimate of drug-likeness (QED) is 0.634. The third-order valence-corrected chi connectivity index (χ3v) is 4.11. The molecule has 1 aromatic heterocycles. The number of carbonyl (C=O) groups excluding carboxylic acids is 1. The van der Waals surface area contributed by atoms with Gasteiger partial charge in [-0.05, 0) is 59.0 Å². The molecular formula is C17H16BrN5O2. The van der Waals surface area contributed by atoms with E-state index in [4.69, 9.17) is 4.74 Å². The lowest BCUT2D eigenvalue weighted by atomic mass is 10.2. The Kier molecular flexibility index (Phi) is 5.39. The second-order valence-electron chi connectivity index (χ2n) is 5.33. The minimum atomic E-state index is -0.0670. The summed E-state index contributed by atoms with van der Waals surface area (Å²) in [7, 11) is 1.75. The first-order valence-corrected chi connectivity index (χ1v) is 8.40. The van der Waals surface area contributed by atoms with Crippen LogP contribution >= 0.6 is 15.9 Å². The molecule has 8 heteroatoms. The highest BCUT2D eigenvalue weighted by Gasteiger charge is 2.12. The number of rotatable bonds is 6. The molecule has 0 aliphatic heterocycles. The first-order chi connectivity index (χ1) is 12.1. The molecule has 0 unspecified atom stereocenters. The van der Waals surface area contributed by atoms with E-state index in [0.29, 0.717) is 18.7 Å². The number of likely N-dealkylation sites (N-methyl/N-ethyl adjacent to an activating group) is 1. The summed E-state index contributed by atoms with van der Waals surface area (Å²) in [6.45, 7) is 0.913. The van der Waals surface area contributed by atoms with Gasteiger partial charge in [0.15, 0.2) is 0 Å². The molecule has 25 heavy (non-hydrogen) atoms. The van der Waals surface area contributed by atoms with Crippen LogP contribution in [0.2, 0.25) is 0 Å². The highest BCUT2D eigenvalue weighted by atomic mass is 79.9. The van der Waals surface area contributed by atoms with Crippen molar-refractivity contribution >= 4 is 21.8 Å². The van der Waals surface area contributed by atoms with Crippen molar-refractivity contribution in [3.05, 3.63) is 64.9 Å². The number of hydrogen-bond donors (Lipinski definition) is 0. The number of ether oxygens (including phenoxy) is 1. The van der Waals surface area contributed by atoms with Gasteiger partial charge in [-0.25, -0.2) is 4.68 Å². The Morgan fingerprint density at radius 3 is 2.52 bits per heavy atom. The topological polar surface area (TPSA) is 73.1 Å². The van der Waals surface area contributed by atoms with E-state index in [2.05, 4.69) is 31.5 Å². The summed E-state index contributed by atoms with van der Waals surface area (Å²) in [5.74, 6) is 0.706. The predicted molar refractivity (Wildman–Crippen MR) is 95.8 cm³/mol. The van der Waals surface area contributed by atoms with Crippen molar-refractivity contribution in [2.45, 2.75) is 0 Å². The molecule has 128 valence electrons. The van der Waals surface area contributed by atoms with Crippen molar-refractivity contribution in [1.82, 2.24) is 25.1 Å². The Labute approximate surface area is 153 Å². The molecule has 0 fully saturated rings. The second kappa shape index (κ2) is 7.89. The van der Waals surface area contributed by atoms with E-state index < -0.39 is 0 Å². The maximum Gasteiger partial charge on any atom is 0.253 e. The zero-order valence-corrected chi connectivity index (χ0v) is 15.1. The lowest BCUT2D eigenvalue weighted by Crippen LogP contribution is -2.30. The molecule has 0 saturated heterocycles. The first kappa shape index (κ1) is 17.1. The van der Waals surface area contributed by atoms with Crippen LogP contribution < -0.4 is 4.74 Å². The minimum Gasteiger partial charge on any atom is -0.492 e. The van der Waals surface area contributed by atoms with Crippen molar-refractivity contribution < 1.29 is 9.53 Å². The molecule has 0 aliphatic carbocycles. The summed E-state index contributed by atoms with van der Waals surface area (Å²) in [4.78, 5) is 14.1. The SMILES string of the molecule is CN(CCOc1ccc(Br)cc1)C(=O)c1ccc(-n2cnnn2)cc1. The number of aromatic nitrogens is 4. The maximum absolute atomic E-state index is 12.4. The summed E-state index contributed by atoms with van der Waals surface area (Å²) >= 11 is 3.38. The van der Waals surface area contributed by atoms with Crippen LogP contribution in [0.1, 0.15) is 10.4 Å². The van der Waals surface area contributed by atoms with Crippen molar-refractivity contribution in [3.63, 3.8) is 0 Å². The molecule has 0 spiro atoms. The number of amides is 1. The monoisotopic (exact) mass is 401 g/mol. The fourth-order valence-corrected chi connectivity index (χ4v) is 2.45. The van der Waals surface area contributed by atoms with E-state index in [9.17, 15) is 4.79 Å². The van der Waals surface area contributed by atoms with Crippen LogP contribution in [-0.2, 0) is 0 Å². The van der Waals surface area contributed by atoms with Gasteiger partial charge in [-0.1, -0.05) is 15.9 Å². The number of tetrazole rings is 1. The molecule has 0 saturated carbocycles. The third kappa shape index (κ3) is 4.42. The van der Waals surface area contributed by atoms with Crippen molar-refractivity contribution in [2.24, 2.45) is 0 Å². The van der Waals surface area contributed by atoms with E-state index in [-0.39, 0.29) is 5.91 Å². The highest BCUT2D eigenvalue weighted by molar-refractivity contribution is 9.10. The van der Waals surface area contributed by atoms with E-state index in [1.165, 1.54) is 11.0 Å². The zero-order chi connectivity index (χ0) is 17.6. The molecule has 0 atom stereocenters. The summed E-state index contributed by atoms with van der Waals surface area (Å²) in [6, 6.07) is 14.7. The second-order valence-corrected chi connectivity index (χ2v) is 6.25. The van der Waals surface area contributed by atoms with E-state index in [1.54, 1.807) is 36.2 Å². The van der Waals surface area contributed by atoms with E-state index in [1.807, 2.05) is 24.3 Å². The van der Waals surface area contributed by atoms with Gasteiger partial charge in [-0.3, -0.25) is 4.79 Å². The molecule has 1 amide bonds. The van der Waals surface area contributed by atoms with Gasteiger partial charge < -0.3 is 9.64 Å². The Hall–Kier alpha value is -2.74. The average Bonchev–Trinajstić information content (AvgIpc) is 3.17. The van der Waals surface area contributed by atoms with E-state index >= 15 is 0 Å². The Morgan fingerprint density at radius 2 is 1.88 bits per heavy atom. The molecule has 3 rings (SSSR count). The van der Waals surface area contributed by atoms with Crippen molar-refractivity contribution in [2.75, 3.05) is 20.2 Å². The molecule has 7 nitrogen and oxygen atoms in total. The fraction of sp³-hybridized carbons (Fsp3) is 0.176. The Morgan fingerprint density at radius 1 is 1.16 bits per heavy atom. The number of hydrogen-bond acceptors (Lipinski definition) is 5. The molecular weight excluding hydrogens is 386 g/mol. The lowest BCUT2D eigenvalue weighted by Gasteiger charge is -2.17. The van der Waals surface area contributed by atoms with Gasteiger partial charge in [0, 0.05) is 17.1 Å². The van der Waals surface area contributed by atoms with Crippen LogP contribution in [0, 0.1) is 0 Å². The van der Waals surface area contributed by atoms with Crippen LogP contribution in [0.3, 0.4) is 0 Å². The molecule has 0 bridgehead atoms. The summed E-state index contributed by atoms with van der Waals surface area (Å²) < 4.78 is 8.17. The summed E-state index contributed by atoms with van der Waals surface area (Å²) in [5.41, 5.74) is 1.39. The number of halogens is 1. The van der Waals surface area contributed by atoms with Crippen molar-refractivity contribution in [1.29, 1.82) is 0 Å². The molecule has 0 radical (unpaired) electrons. The average molecular weight is 402 g/mol. The highest BCUT2D eigenvalue weighted by Crippen LogP contribution is 2.16. The smallest absolute Gasteiger partial charge is 0.253 e. The minimum absolute atomic E-state index is 0.0670. The predicted octanol–water partition coefficient (Wildman–Crippen LogP) is 2.58. The lowest BCUT2D eigenvalue weighted by molar-refractivity contribution is 0.0774. The number of nitrogens with zero attached hydrogens (tertiary/aromatic N) is 5. The Balaban J connectivity index is 1.54. The third-order valence-electron chi connectivity index (χ3n) is 3.58. The molecule has 0 aliphatic rings. The van der Waals surface area contributed by atoms with Gasteiger partial charge in [-0.15, -0.1) is 5.10 Å². The summed E-state index contributed by atoms with van der Waals surface area (Å²) in [5, 5.41) is 11.0. The molecule has 3 aromatic rings. The van der Waals surface area contributed by atoms with Crippen LogP contribution in [-0.4, -0.2) is 51.2 Å². The fourth-order valence-electron chi connectivity index (χ4n) is 2.19. The van der Waals surface area contributed by atoms with Gasteiger partial charge in [0.25, 0.3) is 5.91 Å². The molecule has 0 N–H and O–H groups in total. The number of carbonyl (C=O) groups is 1. The maximum atomic E-state index is 12.4. The molecule has 1 heterocycles. The molecule has 2 aromatic carbocycles. The normalized spacial score (nSPS) is 10.5. The zero-order valence-electron chi connectivity index (χ0n) is 13.5. The van der Waals surface area contributed by atoms with Gasteiger partial charge >= 0.3 is 0 Å². The standard InChI is InChI=1S/C17H16BrN5O2/c1-22(10-11-25-16-8-4-14(18)5-9-16)17(24)13-2-6-15(7-3-13)23-12-19-20-21-23/h2-9,12H,10-11H2,1H3. The van der Waals surface area contributed by atoms with Crippen LogP contribution in [0.5, 0.6) is 5.75 Å². The number of benzene rings is 2. The van der Waals surface area contributed by atoms with Crippen LogP contribution in [0.25, 0.3) is 5.69 Å². The largest absolute Gasteiger partial charge is 0.492 e. The van der Waals surface area contributed by atoms with Gasteiger partial charge in [-0.2, -0.15) is 0 Å². The van der Waals surface area contributed by atoms with Gasteiger partial charge in [0.05, 0.1) is 12.2 Å². The summed E-state index contributed by atoms with van der Waals surface area (Å²) in [6.07, 6.45) is 1.50. The van der Waals surface area contributed by atoms with Gasteiger partial charge in [0.2, 0.25) is 0 Å². The van der Waals surface area contributed by atoms with Crippen LogP contribution in [0.4, 0.5) is 0 Å². The van der Waals surface area contributed by atoms with Crippen LogP contribution in [0.15, 0.2) is 59.3 Å².